The van der Waals surface area contributed by atoms with Crippen LogP contribution in [0, 0.1) is 0 Å². The van der Waals surface area contributed by atoms with Gasteiger partial charge in [0.1, 0.15) is 17.5 Å². The van der Waals surface area contributed by atoms with Crippen LogP contribution in [0.15, 0.2) is 108 Å². The van der Waals surface area contributed by atoms with Crippen LogP contribution in [0.25, 0.3) is 0 Å². The van der Waals surface area contributed by atoms with Crippen molar-refractivity contribution >= 4 is 29.3 Å². The second kappa shape index (κ2) is 16.0. The van der Waals surface area contributed by atoms with Crippen LogP contribution in [0.1, 0.15) is 60.7 Å². The van der Waals surface area contributed by atoms with Gasteiger partial charge in [-0.1, -0.05) is 54.6 Å². The molecule has 1 fully saturated rings. The number of amides is 2. The molecule has 1 aliphatic heterocycles. The van der Waals surface area contributed by atoms with E-state index < -0.39 is 47.1 Å². The molecule has 0 aromatic heterocycles. The van der Waals surface area contributed by atoms with E-state index in [-0.39, 0.29) is 12.1 Å². The second-order valence-electron chi connectivity index (χ2n) is 12.9. The molecule has 2 atom stereocenters. The van der Waals surface area contributed by atoms with Gasteiger partial charge >= 0.3 is 12.1 Å². The third-order valence-electron chi connectivity index (χ3n) is 7.78. The van der Waals surface area contributed by atoms with E-state index >= 15 is 0 Å². The SMILES string of the molecule is CCN1C(=O)[C@@H](NC(=O)c2cccc(C(F)(F)F)c2)[C@H](c2cccc(CN(C)C/C=C/C(=O)OC(C)(C)C)c2)/C(=C/N)C1=Nc1ccccc1. The van der Waals surface area contributed by atoms with Crippen LogP contribution in [0.3, 0.4) is 0 Å². The quantitative estimate of drug-likeness (QED) is 0.189. The number of halogens is 3. The summed E-state index contributed by atoms with van der Waals surface area (Å²) in [5.74, 6) is -2.32. The molecule has 3 aromatic carbocycles. The Labute approximate surface area is 290 Å². The summed E-state index contributed by atoms with van der Waals surface area (Å²) in [6.07, 6.45) is -0.214. The zero-order chi connectivity index (χ0) is 36.6. The number of benzene rings is 3. The lowest BCUT2D eigenvalue weighted by molar-refractivity contribution is -0.148. The van der Waals surface area contributed by atoms with E-state index in [1.54, 1.807) is 52.0 Å². The molecule has 0 bridgehead atoms. The van der Waals surface area contributed by atoms with Crippen molar-refractivity contribution in [3.8, 4) is 0 Å². The maximum atomic E-state index is 14.2. The number of carbonyl (C=O) groups excluding carboxylic acids is 3. The lowest BCUT2D eigenvalue weighted by atomic mass is 9.79. The van der Waals surface area contributed by atoms with Gasteiger partial charge in [0.25, 0.3) is 11.8 Å². The van der Waals surface area contributed by atoms with E-state index in [0.29, 0.717) is 35.7 Å². The van der Waals surface area contributed by atoms with Gasteiger partial charge in [-0.2, -0.15) is 13.2 Å². The van der Waals surface area contributed by atoms with Crippen LogP contribution in [-0.2, 0) is 27.0 Å². The Balaban J connectivity index is 1.71. The van der Waals surface area contributed by atoms with E-state index in [2.05, 4.69) is 5.32 Å². The summed E-state index contributed by atoms with van der Waals surface area (Å²) in [4.78, 5) is 48.0. The number of nitrogens with one attached hydrogen (secondary N) is 1. The molecule has 12 heteroatoms. The Hall–Kier alpha value is -5.23. The summed E-state index contributed by atoms with van der Waals surface area (Å²) in [6.45, 7) is 8.22. The summed E-state index contributed by atoms with van der Waals surface area (Å²) in [5, 5.41) is 2.73. The number of amidine groups is 1. The number of nitrogens with zero attached hydrogens (tertiary/aromatic N) is 3. The van der Waals surface area contributed by atoms with E-state index in [9.17, 15) is 27.6 Å². The Kier molecular flexibility index (Phi) is 12.0. The molecule has 0 unspecified atom stereocenters. The fourth-order valence-electron chi connectivity index (χ4n) is 5.63. The number of carbonyl (C=O) groups is 3. The normalized spacial score (nSPS) is 18.7. The third-order valence-corrected chi connectivity index (χ3v) is 7.78. The van der Waals surface area contributed by atoms with Crippen LogP contribution in [0.4, 0.5) is 18.9 Å². The molecule has 264 valence electrons. The van der Waals surface area contributed by atoms with Crippen molar-refractivity contribution in [2.75, 3.05) is 20.1 Å². The third kappa shape index (κ3) is 9.69. The number of aliphatic imine (C=N–C) groups is 1. The highest BCUT2D eigenvalue weighted by Crippen LogP contribution is 2.37. The number of para-hydroxylation sites is 1. The van der Waals surface area contributed by atoms with Crippen LogP contribution in [-0.4, -0.2) is 65.2 Å². The zero-order valence-electron chi connectivity index (χ0n) is 28.7. The lowest BCUT2D eigenvalue weighted by Gasteiger charge is -2.40. The molecule has 9 nitrogen and oxygen atoms in total. The van der Waals surface area contributed by atoms with Crippen molar-refractivity contribution in [3.63, 3.8) is 0 Å². The minimum Gasteiger partial charge on any atom is -0.457 e. The highest BCUT2D eigenvalue weighted by atomic mass is 19.4. The van der Waals surface area contributed by atoms with Gasteiger partial charge in [0, 0.05) is 49.0 Å². The molecule has 50 heavy (non-hydrogen) atoms. The molecular formula is C38H42F3N5O4. The number of hydrogen-bond donors (Lipinski definition) is 2. The van der Waals surface area contributed by atoms with Crippen molar-refractivity contribution in [1.82, 2.24) is 15.1 Å². The van der Waals surface area contributed by atoms with Gasteiger partial charge in [-0.15, -0.1) is 0 Å². The number of alkyl halides is 3. The number of rotatable bonds is 10. The Morgan fingerprint density at radius 1 is 1.02 bits per heavy atom. The van der Waals surface area contributed by atoms with Crippen molar-refractivity contribution in [2.45, 2.75) is 58.0 Å². The predicted octanol–water partition coefficient (Wildman–Crippen LogP) is 6.35. The first-order chi connectivity index (χ1) is 23.6. The van der Waals surface area contributed by atoms with Crippen molar-refractivity contribution in [3.05, 3.63) is 125 Å². The van der Waals surface area contributed by atoms with Gasteiger partial charge in [0.15, 0.2) is 0 Å². The van der Waals surface area contributed by atoms with Gasteiger partial charge in [-0.25, -0.2) is 9.79 Å². The van der Waals surface area contributed by atoms with Crippen molar-refractivity contribution in [2.24, 2.45) is 10.7 Å². The Bertz CT molecular complexity index is 1780. The first-order valence-electron chi connectivity index (χ1n) is 16.1. The standard InChI is InChI=1S/C38H42F3N5O4/c1-6-46-34(43-29-17-8-7-9-18-29)30(23-42)32(33(36(46)49)44-35(48)27-15-11-16-28(22-27)38(39,40)41)26-14-10-13-25(21-26)24-45(5)20-12-19-31(47)50-37(2,3)4/h7-19,21-23,32-33H,6,20,24,42H2,1-5H3,(H,44,48)/b19-12+,30-23-,43-34?/t32-,33+/m1/s1. The summed E-state index contributed by atoms with van der Waals surface area (Å²) in [6, 6.07) is 19.3. The van der Waals surface area contributed by atoms with Crippen LogP contribution >= 0.6 is 0 Å². The molecule has 0 radical (unpaired) electrons. The molecule has 4 rings (SSSR count). The maximum Gasteiger partial charge on any atom is 0.416 e. The summed E-state index contributed by atoms with van der Waals surface area (Å²) < 4.78 is 45.8. The molecular weight excluding hydrogens is 647 g/mol. The van der Waals surface area contributed by atoms with Crippen LogP contribution in [0.5, 0.6) is 0 Å². The fourth-order valence-corrected chi connectivity index (χ4v) is 5.63. The maximum absolute atomic E-state index is 14.2. The van der Waals surface area contributed by atoms with Crippen molar-refractivity contribution < 1.29 is 32.3 Å². The van der Waals surface area contributed by atoms with Gasteiger partial charge in [-0.3, -0.25) is 19.4 Å². The summed E-state index contributed by atoms with van der Waals surface area (Å²) >= 11 is 0. The highest BCUT2D eigenvalue weighted by molar-refractivity contribution is 6.15. The Morgan fingerprint density at radius 3 is 2.36 bits per heavy atom. The number of nitrogens with two attached hydrogens (primary N) is 1. The molecule has 0 saturated carbocycles. The molecule has 0 aliphatic carbocycles. The van der Waals surface area contributed by atoms with E-state index in [1.165, 1.54) is 23.2 Å². The average Bonchev–Trinajstić information content (AvgIpc) is 3.05. The van der Waals surface area contributed by atoms with Crippen molar-refractivity contribution in [1.29, 1.82) is 0 Å². The second-order valence-corrected chi connectivity index (χ2v) is 12.9. The molecule has 3 aromatic rings. The minimum atomic E-state index is -4.66. The van der Waals surface area contributed by atoms with E-state index in [0.717, 1.165) is 23.8 Å². The average molecular weight is 690 g/mol. The minimum absolute atomic E-state index is 0.187. The van der Waals surface area contributed by atoms with Crippen LogP contribution < -0.4 is 11.1 Å². The highest BCUT2D eigenvalue weighted by Gasteiger charge is 2.45. The van der Waals surface area contributed by atoms with Gasteiger partial charge in [0.05, 0.1) is 11.3 Å². The monoisotopic (exact) mass is 689 g/mol. The summed E-state index contributed by atoms with van der Waals surface area (Å²) in [7, 11) is 1.88. The first kappa shape index (κ1) is 37.6. The van der Waals surface area contributed by atoms with Gasteiger partial charge in [0.2, 0.25) is 0 Å². The van der Waals surface area contributed by atoms with E-state index in [1.807, 2.05) is 48.3 Å². The molecule has 1 saturated heterocycles. The lowest BCUT2D eigenvalue weighted by Crippen LogP contribution is -2.59. The van der Waals surface area contributed by atoms with Gasteiger partial charge in [-0.05, 0) is 76.2 Å². The number of piperidine rings is 1. The predicted molar refractivity (Wildman–Crippen MR) is 186 cm³/mol. The smallest absolute Gasteiger partial charge is 0.416 e. The number of likely N-dealkylation sites (tertiary alicyclic amines) is 1. The molecule has 0 spiro atoms. The number of ether oxygens (including phenoxy) is 1. The fraction of sp³-hybridized carbons (Fsp3) is 0.316. The molecule has 3 N–H and O–H groups in total. The molecule has 2 amide bonds. The number of likely N-dealkylation sites (N-methyl/N-ethyl adjacent to an activating group) is 2. The number of hydrogen-bond acceptors (Lipinski definition) is 7. The zero-order valence-corrected chi connectivity index (χ0v) is 28.7. The molecule has 1 aliphatic rings. The number of esters is 1. The molecule has 1 heterocycles. The Morgan fingerprint density at radius 2 is 1.72 bits per heavy atom. The van der Waals surface area contributed by atoms with Gasteiger partial charge < -0.3 is 15.8 Å². The largest absolute Gasteiger partial charge is 0.457 e. The van der Waals surface area contributed by atoms with E-state index in [4.69, 9.17) is 15.5 Å². The summed E-state index contributed by atoms with van der Waals surface area (Å²) in [5.41, 5.74) is 6.97. The topological polar surface area (TPSA) is 117 Å². The van der Waals surface area contributed by atoms with Crippen LogP contribution in [0.2, 0.25) is 0 Å². The first-order valence-corrected chi connectivity index (χ1v) is 16.1.